The molecule has 2 aromatic heterocycles. The van der Waals surface area contributed by atoms with E-state index in [-0.39, 0.29) is 11.3 Å². The Kier molecular flexibility index (Phi) is 7.84. The minimum Gasteiger partial charge on any atom is -0.492 e. The lowest BCUT2D eigenvalue weighted by molar-refractivity contribution is 0.103. The van der Waals surface area contributed by atoms with E-state index < -0.39 is 0 Å². The van der Waals surface area contributed by atoms with Gasteiger partial charge in [-0.15, -0.1) is 11.3 Å². The van der Waals surface area contributed by atoms with Crippen molar-refractivity contribution in [1.29, 1.82) is 0 Å². The van der Waals surface area contributed by atoms with E-state index in [9.17, 15) is 9.59 Å². The van der Waals surface area contributed by atoms with Crippen LogP contribution in [0.2, 0.25) is 0 Å². The van der Waals surface area contributed by atoms with E-state index in [1.54, 1.807) is 11.6 Å². The fraction of sp³-hybridized carbons (Fsp3) is 0.321. The lowest BCUT2D eigenvalue weighted by Gasteiger charge is -2.26. The maximum absolute atomic E-state index is 13.0. The molecule has 0 saturated carbocycles. The van der Waals surface area contributed by atoms with Crippen molar-refractivity contribution in [3.8, 4) is 5.75 Å². The summed E-state index contributed by atoms with van der Waals surface area (Å²) in [6, 6.07) is 16.9. The number of thiophene rings is 1. The van der Waals surface area contributed by atoms with E-state index in [1.165, 1.54) is 42.4 Å². The van der Waals surface area contributed by atoms with Gasteiger partial charge in [-0.1, -0.05) is 42.4 Å². The molecule has 0 amide bonds. The highest BCUT2D eigenvalue weighted by atomic mass is 32.2. The Morgan fingerprint density at radius 3 is 2.42 bits per heavy atom. The Bertz CT molecular complexity index is 1390. The molecule has 1 aliphatic heterocycles. The summed E-state index contributed by atoms with van der Waals surface area (Å²) in [5.41, 5.74) is 3.08. The van der Waals surface area contributed by atoms with Crippen LogP contribution in [0.4, 0.5) is 0 Å². The molecule has 0 radical (unpaired) electrons. The first-order valence-corrected chi connectivity index (χ1v) is 14.1. The van der Waals surface area contributed by atoms with Crippen LogP contribution < -0.4 is 10.3 Å². The second-order valence-corrected chi connectivity index (χ2v) is 10.8. The number of carbonyl (C=O) groups excluding carboxylic acids is 1. The number of ether oxygens (including phenoxy) is 1. The van der Waals surface area contributed by atoms with Gasteiger partial charge in [-0.3, -0.25) is 19.1 Å². The van der Waals surface area contributed by atoms with Gasteiger partial charge in [-0.2, -0.15) is 0 Å². The van der Waals surface area contributed by atoms with Crippen molar-refractivity contribution in [2.75, 3.05) is 26.2 Å². The van der Waals surface area contributed by atoms with E-state index in [0.717, 1.165) is 36.5 Å². The SMILES string of the molecule is Cn1c(SCc2ccc(C(=O)c3ccc(OCCN4CCCCC4)cc3)cc2)nc2ccsc2c1=O. The number of benzene rings is 2. The average Bonchev–Trinajstić information content (AvgIpc) is 3.40. The van der Waals surface area contributed by atoms with Gasteiger partial charge >= 0.3 is 0 Å². The molecule has 0 aliphatic carbocycles. The van der Waals surface area contributed by atoms with Gasteiger partial charge in [0, 0.05) is 30.5 Å². The van der Waals surface area contributed by atoms with Crippen LogP contribution >= 0.6 is 23.1 Å². The highest BCUT2D eigenvalue weighted by Crippen LogP contribution is 2.24. The van der Waals surface area contributed by atoms with Gasteiger partial charge in [0.05, 0.1) is 5.52 Å². The first-order chi connectivity index (χ1) is 17.6. The molecule has 4 aromatic rings. The fourth-order valence-corrected chi connectivity index (χ4v) is 6.07. The van der Waals surface area contributed by atoms with Crippen LogP contribution in [0, 0.1) is 0 Å². The summed E-state index contributed by atoms with van der Waals surface area (Å²) in [4.78, 5) is 32.5. The largest absolute Gasteiger partial charge is 0.492 e. The Morgan fingerprint density at radius 1 is 1.00 bits per heavy atom. The molecule has 8 heteroatoms. The molecule has 0 bridgehead atoms. The van der Waals surface area contributed by atoms with Gasteiger partial charge < -0.3 is 4.74 Å². The number of thioether (sulfide) groups is 1. The van der Waals surface area contributed by atoms with Crippen LogP contribution in [0.3, 0.4) is 0 Å². The van der Waals surface area contributed by atoms with Crippen LogP contribution in [-0.2, 0) is 12.8 Å². The molecule has 3 heterocycles. The van der Waals surface area contributed by atoms with Gasteiger partial charge in [-0.25, -0.2) is 4.98 Å². The summed E-state index contributed by atoms with van der Waals surface area (Å²) < 4.78 is 8.16. The summed E-state index contributed by atoms with van der Waals surface area (Å²) >= 11 is 2.93. The van der Waals surface area contributed by atoms with E-state index >= 15 is 0 Å². The molecule has 1 fully saturated rings. The fourth-order valence-electron chi connectivity index (χ4n) is 4.34. The molecule has 0 atom stereocenters. The first kappa shape index (κ1) is 24.7. The van der Waals surface area contributed by atoms with Crippen molar-refractivity contribution >= 4 is 39.1 Å². The third-order valence-electron chi connectivity index (χ3n) is 6.47. The van der Waals surface area contributed by atoms with Crippen molar-refractivity contribution in [3.05, 3.63) is 87.0 Å². The minimum atomic E-state index is -0.0168. The Balaban J connectivity index is 1.16. The smallest absolute Gasteiger partial charge is 0.271 e. The van der Waals surface area contributed by atoms with Crippen LogP contribution in [-0.4, -0.2) is 46.5 Å². The van der Waals surface area contributed by atoms with E-state index in [1.807, 2.05) is 60.0 Å². The molecule has 0 N–H and O–H groups in total. The lowest BCUT2D eigenvalue weighted by atomic mass is 10.0. The van der Waals surface area contributed by atoms with Crippen LogP contribution in [0.5, 0.6) is 5.75 Å². The monoisotopic (exact) mass is 519 g/mol. The molecule has 2 aromatic carbocycles. The first-order valence-electron chi connectivity index (χ1n) is 12.2. The summed E-state index contributed by atoms with van der Waals surface area (Å²) in [6.07, 6.45) is 3.89. The zero-order chi connectivity index (χ0) is 24.9. The van der Waals surface area contributed by atoms with Crippen molar-refractivity contribution in [1.82, 2.24) is 14.5 Å². The topological polar surface area (TPSA) is 64.4 Å². The number of piperidine rings is 1. The molecular weight excluding hydrogens is 490 g/mol. The number of rotatable bonds is 9. The molecule has 186 valence electrons. The molecule has 1 saturated heterocycles. The van der Waals surface area contributed by atoms with Crippen molar-refractivity contribution in [2.45, 2.75) is 30.2 Å². The maximum Gasteiger partial charge on any atom is 0.271 e. The van der Waals surface area contributed by atoms with E-state index in [2.05, 4.69) is 9.88 Å². The average molecular weight is 520 g/mol. The van der Waals surface area contributed by atoms with Gasteiger partial charge in [0.2, 0.25) is 0 Å². The second-order valence-electron chi connectivity index (χ2n) is 8.98. The van der Waals surface area contributed by atoms with E-state index in [4.69, 9.17) is 4.74 Å². The molecular formula is C28H29N3O3S2. The number of aromatic nitrogens is 2. The number of nitrogens with zero attached hydrogens (tertiary/aromatic N) is 3. The van der Waals surface area contributed by atoms with Gasteiger partial charge in [0.15, 0.2) is 10.9 Å². The summed E-state index contributed by atoms with van der Waals surface area (Å²) in [6.45, 7) is 3.93. The van der Waals surface area contributed by atoms with Crippen molar-refractivity contribution in [3.63, 3.8) is 0 Å². The third-order valence-corrected chi connectivity index (χ3v) is 8.46. The molecule has 1 aliphatic rings. The third kappa shape index (κ3) is 5.72. The molecule has 36 heavy (non-hydrogen) atoms. The predicted molar refractivity (Wildman–Crippen MR) is 147 cm³/mol. The van der Waals surface area contributed by atoms with Crippen LogP contribution in [0.15, 0.2) is 69.9 Å². The summed E-state index contributed by atoms with van der Waals surface area (Å²) in [7, 11) is 1.75. The standard InChI is InChI=1S/C28H29N3O3S2/c1-30-27(33)26-24(13-18-35-26)29-28(30)36-19-20-5-7-21(8-6-20)25(32)22-9-11-23(12-10-22)34-17-16-31-14-3-2-4-15-31/h5-13,18H,2-4,14-17,19H2,1H3. The van der Waals surface area contributed by atoms with E-state index in [0.29, 0.717) is 33.3 Å². The molecule has 6 nitrogen and oxygen atoms in total. The Labute approximate surface area is 218 Å². The minimum absolute atomic E-state index is 0.0129. The maximum atomic E-state index is 13.0. The van der Waals surface area contributed by atoms with Gasteiger partial charge in [0.1, 0.15) is 17.1 Å². The second kappa shape index (κ2) is 11.4. The summed E-state index contributed by atoms with van der Waals surface area (Å²) in [5, 5.41) is 2.57. The molecule has 0 unspecified atom stereocenters. The number of hydrogen-bond acceptors (Lipinski definition) is 7. The summed E-state index contributed by atoms with van der Waals surface area (Å²) in [5.74, 6) is 1.44. The highest BCUT2D eigenvalue weighted by molar-refractivity contribution is 7.98. The number of hydrogen-bond donors (Lipinski definition) is 0. The number of likely N-dealkylation sites (tertiary alicyclic amines) is 1. The zero-order valence-corrected chi connectivity index (χ0v) is 21.9. The van der Waals surface area contributed by atoms with Gasteiger partial charge in [0.25, 0.3) is 5.56 Å². The number of carbonyl (C=O) groups is 1. The zero-order valence-electron chi connectivity index (χ0n) is 20.3. The normalized spacial score (nSPS) is 14.2. The predicted octanol–water partition coefficient (Wildman–Crippen LogP) is 5.38. The number of fused-ring (bicyclic) bond motifs is 1. The van der Waals surface area contributed by atoms with Gasteiger partial charge in [-0.05, 0) is 67.2 Å². The molecule has 5 rings (SSSR count). The van der Waals surface area contributed by atoms with Crippen molar-refractivity contribution in [2.24, 2.45) is 7.05 Å². The molecule has 0 spiro atoms. The highest BCUT2D eigenvalue weighted by Gasteiger charge is 2.13. The van der Waals surface area contributed by atoms with Crippen LogP contribution in [0.25, 0.3) is 10.2 Å². The Hall–Kier alpha value is -2.94. The number of ketones is 1. The Morgan fingerprint density at radius 2 is 1.69 bits per heavy atom. The van der Waals surface area contributed by atoms with Crippen molar-refractivity contribution < 1.29 is 9.53 Å². The lowest BCUT2D eigenvalue weighted by Crippen LogP contribution is -2.33. The quantitative estimate of drug-likeness (QED) is 0.168. The van der Waals surface area contributed by atoms with Crippen LogP contribution in [0.1, 0.15) is 40.7 Å².